The van der Waals surface area contributed by atoms with Crippen LogP contribution in [0.15, 0.2) is 59.4 Å². The lowest BCUT2D eigenvalue weighted by Gasteiger charge is -2.13. The van der Waals surface area contributed by atoms with Crippen LogP contribution < -0.4 is 10.3 Å². The number of methoxy groups -OCH3 is 1. The lowest BCUT2D eigenvalue weighted by molar-refractivity contribution is 0.0600. The van der Waals surface area contributed by atoms with Gasteiger partial charge in [0.15, 0.2) is 0 Å². The van der Waals surface area contributed by atoms with Crippen LogP contribution in [-0.4, -0.2) is 24.3 Å². The van der Waals surface area contributed by atoms with Gasteiger partial charge in [-0.1, -0.05) is 53.5 Å². The van der Waals surface area contributed by atoms with Gasteiger partial charge in [-0.15, -0.1) is 0 Å². The van der Waals surface area contributed by atoms with E-state index in [4.69, 9.17) is 32.7 Å². The molecule has 0 aliphatic rings. The first kappa shape index (κ1) is 23.6. The average Bonchev–Trinajstić information content (AvgIpc) is 2.80. The van der Waals surface area contributed by atoms with E-state index >= 15 is 0 Å². The van der Waals surface area contributed by atoms with Crippen LogP contribution in [0.4, 0.5) is 0 Å². The van der Waals surface area contributed by atoms with Gasteiger partial charge in [0, 0.05) is 6.54 Å². The highest BCUT2D eigenvalue weighted by molar-refractivity contribution is 6.35. The maximum atomic E-state index is 12.8. The summed E-state index contributed by atoms with van der Waals surface area (Å²) in [5.41, 5.74) is 2.59. The summed E-state index contributed by atoms with van der Waals surface area (Å²) < 4.78 is 11.8. The Kier molecular flexibility index (Phi) is 8.14. The minimum atomic E-state index is -0.393. The molecular formula is C25H23Cl2NO4. The minimum absolute atomic E-state index is 0.0616. The van der Waals surface area contributed by atoms with Gasteiger partial charge in [-0.05, 0) is 60.9 Å². The van der Waals surface area contributed by atoms with Crippen molar-refractivity contribution in [1.29, 1.82) is 0 Å². The SMILES string of the molecule is CCOc1cccc(C=Cc2c(Cl)cc(Cl)c(=O)n2CCc2ccc(C(=O)OC)cc2)c1. The Morgan fingerprint density at radius 3 is 2.47 bits per heavy atom. The molecule has 0 aliphatic carbocycles. The molecule has 0 bridgehead atoms. The van der Waals surface area contributed by atoms with Crippen molar-refractivity contribution in [1.82, 2.24) is 4.57 Å². The highest BCUT2D eigenvalue weighted by Gasteiger charge is 2.12. The molecule has 3 aromatic rings. The van der Waals surface area contributed by atoms with E-state index in [1.807, 2.05) is 49.4 Å². The second kappa shape index (κ2) is 11.0. The molecule has 1 aromatic heterocycles. The normalized spacial score (nSPS) is 11.0. The molecule has 0 saturated carbocycles. The van der Waals surface area contributed by atoms with E-state index < -0.39 is 5.97 Å². The van der Waals surface area contributed by atoms with Crippen LogP contribution >= 0.6 is 23.2 Å². The summed E-state index contributed by atoms with van der Waals surface area (Å²) in [5.74, 6) is 0.375. The number of carbonyl (C=O) groups is 1. The molecule has 7 heteroatoms. The van der Waals surface area contributed by atoms with E-state index in [-0.39, 0.29) is 10.6 Å². The molecular weight excluding hydrogens is 449 g/mol. The molecule has 0 amide bonds. The topological polar surface area (TPSA) is 57.5 Å². The van der Waals surface area contributed by atoms with Crippen molar-refractivity contribution in [2.75, 3.05) is 13.7 Å². The number of aromatic nitrogens is 1. The number of hydrogen-bond acceptors (Lipinski definition) is 4. The van der Waals surface area contributed by atoms with Crippen molar-refractivity contribution in [2.24, 2.45) is 0 Å². The van der Waals surface area contributed by atoms with Crippen molar-refractivity contribution in [3.05, 3.63) is 97.4 Å². The number of esters is 1. The molecule has 0 fully saturated rings. The van der Waals surface area contributed by atoms with Gasteiger partial charge in [0.2, 0.25) is 0 Å². The lowest BCUT2D eigenvalue weighted by Crippen LogP contribution is -2.24. The summed E-state index contributed by atoms with van der Waals surface area (Å²) in [6, 6.07) is 16.2. The molecule has 0 radical (unpaired) electrons. The highest BCUT2D eigenvalue weighted by Crippen LogP contribution is 2.22. The number of halogens is 2. The molecule has 0 aliphatic heterocycles. The Bertz CT molecular complexity index is 1180. The number of carbonyl (C=O) groups excluding carboxylic acids is 1. The third-order valence-electron chi connectivity index (χ3n) is 4.84. The Balaban J connectivity index is 1.87. The van der Waals surface area contributed by atoms with Crippen LogP contribution in [0, 0.1) is 0 Å². The maximum absolute atomic E-state index is 12.8. The van der Waals surface area contributed by atoms with Gasteiger partial charge in [-0.2, -0.15) is 0 Å². The molecule has 166 valence electrons. The smallest absolute Gasteiger partial charge is 0.337 e. The van der Waals surface area contributed by atoms with E-state index in [9.17, 15) is 9.59 Å². The number of hydrogen-bond donors (Lipinski definition) is 0. The summed E-state index contributed by atoms with van der Waals surface area (Å²) in [4.78, 5) is 24.4. The Morgan fingerprint density at radius 2 is 1.78 bits per heavy atom. The summed E-state index contributed by atoms with van der Waals surface area (Å²) in [5, 5.41) is 0.444. The van der Waals surface area contributed by atoms with Crippen molar-refractivity contribution >= 4 is 41.3 Å². The van der Waals surface area contributed by atoms with Gasteiger partial charge < -0.3 is 14.0 Å². The first-order chi connectivity index (χ1) is 15.4. The number of rotatable bonds is 8. The number of aryl methyl sites for hydroxylation is 1. The lowest BCUT2D eigenvalue weighted by atomic mass is 10.1. The predicted octanol–water partition coefficient (Wildman–Crippen LogP) is 5.75. The number of pyridine rings is 1. The zero-order valence-corrected chi connectivity index (χ0v) is 19.3. The average molecular weight is 472 g/mol. The van der Waals surface area contributed by atoms with Gasteiger partial charge in [0.05, 0.1) is 30.0 Å². The van der Waals surface area contributed by atoms with E-state index in [1.54, 1.807) is 22.8 Å². The van der Waals surface area contributed by atoms with E-state index in [0.29, 0.717) is 35.9 Å². The molecule has 5 nitrogen and oxygen atoms in total. The van der Waals surface area contributed by atoms with Gasteiger partial charge >= 0.3 is 5.97 Å². The van der Waals surface area contributed by atoms with Gasteiger partial charge in [0.25, 0.3) is 5.56 Å². The Morgan fingerprint density at radius 1 is 1.03 bits per heavy atom. The summed E-state index contributed by atoms with van der Waals surface area (Å²) in [6.07, 6.45) is 4.23. The second-order valence-corrected chi connectivity index (χ2v) is 7.77. The predicted molar refractivity (Wildman–Crippen MR) is 129 cm³/mol. The second-order valence-electron chi connectivity index (χ2n) is 6.96. The van der Waals surface area contributed by atoms with Crippen molar-refractivity contribution in [3.63, 3.8) is 0 Å². The quantitative estimate of drug-likeness (QED) is 0.392. The largest absolute Gasteiger partial charge is 0.494 e. The van der Waals surface area contributed by atoms with Gasteiger partial charge in [-0.25, -0.2) is 4.79 Å². The number of benzene rings is 2. The first-order valence-electron chi connectivity index (χ1n) is 10.1. The zero-order valence-electron chi connectivity index (χ0n) is 17.8. The van der Waals surface area contributed by atoms with Crippen molar-refractivity contribution in [3.8, 4) is 5.75 Å². The fourth-order valence-corrected chi connectivity index (χ4v) is 3.76. The van der Waals surface area contributed by atoms with Gasteiger partial charge in [-0.3, -0.25) is 4.79 Å². The molecule has 3 rings (SSSR count). The molecule has 32 heavy (non-hydrogen) atoms. The van der Waals surface area contributed by atoms with Crippen LogP contribution in [0.5, 0.6) is 5.75 Å². The van der Waals surface area contributed by atoms with Crippen molar-refractivity contribution < 1.29 is 14.3 Å². The van der Waals surface area contributed by atoms with E-state index in [0.717, 1.165) is 16.9 Å². The Hall–Kier alpha value is -3.02. The standard InChI is InChI=1S/C25H23Cl2NO4/c1-3-32-20-6-4-5-18(15-20)9-12-23-21(26)16-22(27)24(29)28(23)14-13-17-7-10-19(11-8-17)25(30)31-2/h4-12,15-16H,3,13-14H2,1-2H3. The van der Waals surface area contributed by atoms with Crippen LogP contribution in [0.25, 0.3) is 12.2 Å². The molecule has 0 saturated heterocycles. The highest BCUT2D eigenvalue weighted by atomic mass is 35.5. The molecule has 0 spiro atoms. The molecule has 1 heterocycles. The maximum Gasteiger partial charge on any atom is 0.337 e. The van der Waals surface area contributed by atoms with Crippen molar-refractivity contribution in [2.45, 2.75) is 19.9 Å². The molecule has 0 N–H and O–H groups in total. The van der Waals surface area contributed by atoms with E-state index in [1.165, 1.54) is 13.2 Å². The number of ether oxygens (including phenoxy) is 2. The van der Waals surface area contributed by atoms with E-state index in [2.05, 4.69) is 0 Å². The summed E-state index contributed by atoms with van der Waals surface area (Å²) >= 11 is 12.5. The first-order valence-corrected chi connectivity index (χ1v) is 10.9. The third kappa shape index (κ3) is 5.81. The Labute approximate surface area is 196 Å². The van der Waals surface area contributed by atoms with Gasteiger partial charge in [0.1, 0.15) is 10.8 Å². The zero-order chi connectivity index (χ0) is 23.1. The minimum Gasteiger partial charge on any atom is -0.494 e. The fourth-order valence-electron chi connectivity index (χ4n) is 3.22. The summed E-state index contributed by atoms with van der Waals surface area (Å²) in [7, 11) is 1.34. The molecule has 0 atom stereocenters. The summed E-state index contributed by atoms with van der Waals surface area (Å²) in [6.45, 7) is 2.88. The van der Waals surface area contributed by atoms with Crippen LogP contribution in [0.1, 0.15) is 34.1 Å². The molecule has 2 aromatic carbocycles. The molecule has 0 unspecified atom stereocenters. The monoisotopic (exact) mass is 471 g/mol. The fraction of sp³-hybridized carbons (Fsp3) is 0.200. The van der Waals surface area contributed by atoms with Crippen LogP contribution in [0.3, 0.4) is 0 Å². The third-order valence-corrected chi connectivity index (χ3v) is 5.41. The van der Waals surface area contributed by atoms with Crippen LogP contribution in [-0.2, 0) is 17.7 Å². The van der Waals surface area contributed by atoms with Crippen LogP contribution in [0.2, 0.25) is 10.0 Å². The number of nitrogens with zero attached hydrogens (tertiary/aromatic N) is 1.